The van der Waals surface area contributed by atoms with E-state index in [9.17, 15) is 4.39 Å². The number of para-hydroxylation sites is 1. The van der Waals surface area contributed by atoms with E-state index < -0.39 is 0 Å². The Morgan fingerprint density at radius 2 is 1.90 bits per heavy atom. The van der Waals surface area contributed by atoms with Gasteiger partial charge in [0.1, 0.15) is 17.2 Å². The zero-order valence-electron chi connectivity index (χ0n) is 11.4. The Hall–Kier alpha value is -1.58. The van der Waals surface area contributed by atoms with Crippen LogP contribution >= 0.6 is 23.2 Å². The van der Waals surface area contributed by atoms with E-state index in [0.29, 0.717) is 11.6 Å². The first kappa shape index (κ1) is 14.4. The molecule has 0 aliphatic carbocycles. The fourth-order valence-corrected chi connectivity index (χ4v) is 2.75. The van der Waals surface area contributed by atoms with Crippen LogP contribution in [0.4, 0.5) is 4.39 Å². The van der Waals surface area contributed by atoms with Crippen LogP contribution in [0.3, 0.4) is 0 Å². The summed E-state index contributed by atoms with van der Waals surface area (Å²) in [6, 6.07) is 12.1. The van der Waals surface area contributed by atoms with Crippen LogP contribution in [0.2, 0.25) is 5.02 Å². The van der Waals surface area contributed by atoms with Crippen LogP contribution in [0, 0.1) is 5.82 Å². The van der Waals surface area contributed by atoms with Gasteiger partial charge >= 0.3 is 0 Å². The first-order valence-electron chi connectivity index (χ1n) is 6.59. The Bertz CT molecular complexity index is 779. The molecule has 0 spiro atoms. The monoisotopic (exact) mass is 322 g/mol. The van der Waals surface area contributed by atoms with E-state index in [0.717, 1.165) is 22.4 Å². The van der Waals surface area contributed by atoms with Crippen LogP contribution in [-0.2, 0) is 6.54 Å². The molecule has 0 saturated carbocycles. The number of alkyl halides is 1. The quantitative estimate of drug-likeness (QED) is 0.608. The van der Waals surface area contributed by atoms with Gasteiger partial charge in [-0.25, -0.2) is 9.37 Å². The number of halogens is 3. The molecular formula is C16H13Cl2FN2. The molecule has 0 aliphatic heterocycles. The third-order valence-corrected chi connectivity index (χ3v) is 3.87. The van der Waals surface area contributed by atoms with Gasteiger partial charge in [-0.05, 0) is 36.8 Å². The summed E-state index contributed by atoms with van der Waals surface area (Å²) in [5.41, 5.74) is 2.65. The minimum Gasteiger partial charge on any atom is -0.322 e. The number of nitrogens with zero attached hydrogens (tertiary/aromatic N) is 2. The second-order valence-corrected chi connectivity index (χ2v) is 5.97. The molecule has 3 aromatic rings. The lowest BCUT2D eigenvalue weighted by Gasteiger charge is -2.10. The molecule has 1 aromatic heterocycles. The lowest BCUT2D eigenvalue weighted by molar-refractivity contribution is 0.626. The molecule has 108 valence electrons. The second-order valence-electron chi connectivity index (χ2n) is 4.91. The fraction of sp³-hybridized carbons (Fsp3) is 0.188. The van der Waals surface area contributed by atoms with E-state index in [-0.39, 0.29) is 11.2 Å². The van der Waals surface area contributed by atoms with Crippen LogP contribution in [0.5, 0.6) is 0 Å². The molecule has 21 heavy (non-hydrogen) atoms. The molecule has 0 bridgehead atoms. The summed E-state index contributed by atoms with van der Waals surface area (Å²) in [5.74, 6) is 0.507. The van der Waals surface area contributed by atoms with Gasteiger partial charge in [-0.3, -0.25) is 0 Å². The highest BCUT2D eigenvalue weighted by molar-refractivity contribution is 6.35. The summed E-state index contributed by atoms with van der Waals surface area (Å²) in [6.45, 7) is 2.45. The van der Waals surface area contributed by atoms with Gasteiger partial charge in [0.05, 0.1) is 15.9 Å². The van der Waals surface area contributed by atoms with Gasteiger partial charge in [0.25, 0.3) is 0 Å². The third-order valence-electron chi connectivity index (χ3n) is 3.37. The van der Waals surface area contributed by atoms with Crippen molar-refractivity contribution >= 4 is 34.2 Å². The molecule has 0 fully saturated rings. The first-order valence-corrected chi connectivity index (χ1v) is 7.41. The first-order chi connectivity index (χ1) is 10.1. The van der Waals surface area contributed by atoms with E-state index in [4.69, 9.17) is 23.2 Å². The van der Waals surface area contributed by atoms with Gasteiger partial charge in [0, 0.05) is 6.54 Å². The molecule has 0 radical (unpaired) electrons. The van der Waals surface area contributed by atoms with Gasteiger partial charge in [-0.15, -0.1) is 11.6 Å². The van der Waals surface area contributed by atoms with Gasteiger partial charge in [0.2, 0.25) is 0 Å². The van der Waals surface area contributed by atoms with Crippen LogP contribution in [0.15, 0.2) is 42.5 Å². The number of imidazole rings is 1. The Kier molecular flexibility index (Phi) is 3.87. The van der Waals surface area contributed by atoms with Gasteiger partial charge in [0.15, 0.2) is 0 Å². The molecule has 1 atom stereocenters. The largest absolute Gasteiger partial charge is 0.322 e. The molecule has 0 aliphatic rings. The number of aromatic nitrogens is 2. The lowest BCUT2D eigenvalue weighted by atomic mass is 10.2. The average Bonchev–Trinajstić information content (AvgIpc) is 2.82. The van der Waals surface area contributed by atoms with E-state index in [1.807, 2.05) is 29.7 Å². The van der Waals surface area contributed by atoms with Gasteiger partial charge in [-0.1, -0.05) is 29.8 Å². The van der Waals surface area contributed by atoms with Crippen molar-refractivity contribution in [2.24, 2.45) is 0 Å². The minimum atomic E-state index is -0.247. The second kappa shape index (κ2) is 5.66. The molecule has 0 amide bonds. The van der Waals surface area contributed by atoms with Crippen LogP contribution < -0.4 is 0 Å². The number of benzene rings is 2. The van der Waals surface area contributed by atoms with Gasteiger partial charge in [-0.2, -0.15) is 0 Å². The van der Waals surface area contributed by atoms with Crippen molar-refractivity contribution in [2.45, 2.75) is 18.8 Å². The van der Waals surface area contributed by atoms with Crippen LogP contribution in [-0.4, -0.2) is 9.55 Å². The van der Waals surface area contributed by atoms with Crippen molar-refractivity contribution in [1.82, 2.24) is 9.55 Å². The SMILES string of the molecule is CC(Cl)c1nc2c(Cl)cccc2n1Cc1ccc(F)cc1. The van der Waals surface area contributed by atoms with E-state index in [2.05, 4.69) is 4.98 Å². The Morgan fingerprint density at radius 1 is 1.19 bits per heavy atom. The summed E-state index contributed by atoms with van der Waals surface area (Å²) in [7, 11) is 0. The van der Waals surface area contributed by atoms with E-state index in [1.54, 1.807) is 12.1 Å². The zero-order chi connectivity index (χ0) is 15.0. The van der Waals surface area contributed by atoms with Crippen LogP contribution in [0.1, 0.15) is 23.7 Å². The molecule has 2 nitrogen and oxygen atoms in total. The standard InChI is InChI=1S/C16H13Cl2FN2/c1-10(17)16-20-15-13(18)3-2-4-14(15)21(16)9-11-5-7-12(19)8-6-11/h2-8,10H,9H2,1H3. The Morgan fingerprint density at radius 3 is 2.57 bits per heavy atom. The number of fused-ring (bicyclic) bond motifs is 1. The molecular weight excluding hydrogens is 310 g/mol. The molecule has 3 rings (SSSR count). The Balaban J connectivity index is 2.13. The highest BCUT2D eigenvalue weighted by Gasteiger charge is 2.16. The maximum Gasteiger partial charge on any atom is 0.128 e. The molecule has 1 heterocycles. The van der Waals surface area contributed by atoms with Crippen molar-refractivity contribution in [1.29, 1.82) is 0 Å². The molecule has 0 N–H and O–H groups in total. The topological polar surface area (TPSA) is 17.8 Å². The smallest absolute Gasteiger partial charge is 0.128 e. The summed E-state index contributed by atoms with van der Waals surface area (Å²) in [4.78, 5) is 4.55. The maximum atomic E-state index is 13.0. The van der Waals surface area contributed by atoms with Gasteiger partial charge < -0.3 is 4.57 Å². The van der Waals surface area contributed by atoms with Crippen molar-refractivity contribution in [2.75, 3.05) is 0 Å². The van der Waals surface area contributed by atoms with Crippen molar-refractivity contribution in [3.05, 3.63) is 64.7 Å². The maximum absolute atomic E-state index is 13.0. The lowest BCUT2D eigenvalue weighted by Crippen LogP contribution is -2.05. The normalized spacial score (nSPS) is 12.8. The number of hydrogen-bond donors (Lipinski definition) is 0. The summed E-state index contributed by atoms with van der Waals surface area (Å²) in [5, 5.41) is 0.359. The van der Waals surface area contributed by atoms with Crippen molar-refractivity contribution in [3.8, 4) is 0 Å². The van der Waals surface area contributed by atoms with E-state index in [1.165, 1.54) is 12.1 Å². The number of rotatable bonds is 3. The minimum absolute atomic E-state index is 0.242. The molecule has 2 aromatic carbocycles. The molecule has 1 unspecified atom stereocenters. The summed E-state index contributed by atoms with van der Waals surface area (Å²) < 4.78 is 15.0. The third kappa shape index (κ3) is 2.76. The predicted molar refractivity (Wildman–Crippen MR) is 84.5 cm³/mol. The zero-order valence-corrected chi connectivity index (χ0v) is 12.9. The number of hydrogen-bond acceptors (Lipinski definition) is 1. The van der Waals surface area contributed by atoms with Crippen LogP contribution in [0.25, 0.3) is 11.0 Å². The van der Waals surface area contributed by atoms with E-state index >= 15 is 0 Å². The summed E-state index contributed by atoms with van der Waals surface area (Å²) in [6.07, 6.45) is 0. The van der Waals surface area contributed by atoms with Crippen molar-refractivity contribution < 1.29 is 4.39 Å². The average molecular weight is 323 g/mol. The highest BCUT2D eigenvalue weighted by Crippen LogP contribution is 2.29. The van der Waals surface area contributed by atoms with Crippen molar-refractivity contribution in [3.63, 3.8) is 0 Å². The fourth-order valence-electron chi connectivity index (χ4n) is 2.37. The molecule has 0 saturated heterocycles. The highest BCUT2D eigenvalue weighted by atomic mass is 35.5. The Labute approximate surface area is 132 Å². The predicted octanol–water partition coefficient (Wildman–Crippen LogP) is 5.18. The molecule has 5 heteroatoms. The summed E-state index contributed by atoms with van der Waals surface area (Å²) >= 11 is 12.4.